The fourth-order valence-corrected chi connectivity index (χ4v) is 8.13. The molecule has 54 heavy (non-hydrogen) atoms. The number of hydrogen-bond acceptors (Lipinski definition) is 0. The quantitative estimate of drug-likeness (QED) is 0.195. The van der Waals surface area contributed by atoms with E-state index >= 15 is 0 Å². The fourth-order valence-electron chi connectivity index (χ4n) is 8.13. The van der Waals surface area contributed by atoms with Crippen molar-refractivity contribution in [3.63, 3.8) is 0 Å². The van der Waals surface area contributed by atoms with E-state index in [0.717, 1.165) is 65.6 Å². The van der Waals surface area contributed by atoms with Gasteiger partial charge in [0.25, 0.3) is 0 Å². The molecule has 0 aliphatic heterocycles. The van der Waals surface area contributed by atoms with Gasteiger partial charge in [-0.05, 0) is 144 Å². The van der Waals surface area contributed by atoms with E-state index in [2.05, 4.69) is 135 Å². The van der Waals surface area contributed by atoms with Gasteiger partial charge in [0.15, 0.2) is 0 Å². The van der Waals surface area contributed by atoms with Gasteiger partial charge in [-0.25, -0.2) is 0 Å². The van der Waals surface area contributed by atoms with E-state index < -0.39 is 0 Å². The van der Waals surface area contributed by atoms with Crippen molar-refractivity contribution < 1.29 is 0 Å². The molecule has 320 valence electrons. The van der Waals surface area contributed by atoms with Crippen LogP contribution in [-0.4, -0.2) is 0 Å². The minimum absolute atomic E-state index is 0.724. The van der Waals surface area contributed by atoms with Crippen molar-refractivity contribution >= 4 is 0 Å². The number of rotatable bonds is 10. The van der Waals surface area contributed by atoms with Gasteiger partial charge >= 0.3 is 0 Å². The molecule has 0 bridgehead atoms. The Morgan fingerprint density at radius 2 is 1.06 bits per heavy atom. The zero-order valence-electron chi connectivity index (χ0n) is 41.2. The summed E-state index contributed by atoms with van der Waals surface area (Å²) in [6.07, 6.45) is 20.4. The first kappa shape index (κ1) is 59.1. The molecule has 4 rings (SSSR count). The molecule has 0 saturated heterocycles. The third-order valence-electron chi connectivity index (χ3n) is 10.7. The van der Waals surface area contributed by atoms with Crippen molar-refractivity contribution in [2.75, 3.05) is 0 Å². The standard InChI is InChI=1S/C14H24.C11H18.C10H16.C9H18.C4H10.3C2H6/c1-6-7-11(4)13(8-10(2)3)14-9-12(14)5;1-8(2)10-6-5-7-11(10)9(3)4;1-4-9-5-6-10(7-9)8(2)3;1-7-4-8(2)6-9(3)5-7;1-4(2)3;3*1-2/h12-14H,2,4,6-9H2,1,3,5H3;10-11H,1,3,5-7H2,2,4H3;5-6,8H,4,7H2,1-3H3;7-9H,4-6H2,1-3H3;4H,1-3H3;3*1-2H3/t;10-,11?;;;;;;/m.0....../s1. The Bertz CT molecular complexity index is 963. The predicted octanol–water partition coefficient (Wildman–Crippen LogP) is 19.3. The lowest BCUT2D eigenvalue weighted by atomic mass is 9.78. The van der Waals surface area contributed by atoms with Crippen molar-refractivity contribution in [3.05, 3.63) is 71.9 Å². The van der Waals surface area contributed by atoms with Crippen LogP contribution in [0, 0.1) is 59.2 Å². The highest BCUT2D eigenvalue weighted by Gasteiger charge is 2.39. The Hall–Kier alpha value is -1.56. The Morgan fingerprint density at radius 3 is 1.30 bits per heavy atom. The normalized spacial score (nSPS) is 25.0. The summed E-state index contributed by atoms with van der Waals surface area (Å²) in [5.41, 5.74) is 8.64. The molecular weight excluding hydrogens is 649 g/mol. The van der Waals surface area contributed by atoms with Gasteiger partial charge in [-0.3, -0.25) is 0 Å². The predicted molar refractivity (Wildman–Crippen MR) is 257 cm³/mol. The van der Waals surface area contributed by atoms with Gasteiger partial charge in [0.2, 0.25) is 0 Å². The molecule has 0 amide bonds. The first-order valence-electron chi connectivity index (χ1n) is 23.3. The molecule has 0 radical (unpaired) electrons. The van der Waals surface area contributed by atoms with Crippen molar-refractivity contribution in [2.45, 2.75) is 216 Å². The monoisotopic (exact) mass is 753 g/mol. The first-order chi connectivity index (χ1) is 25.3. The third kappa shape index (κ3) is 29.7. The minimum atomic E-state index is 0.724. The van der Waals surface area contributed by atoms with E-state index in [9.17, 15) is 0 Å². The van der Waals surface area contributed by atoms with Crippen LogP contribution in [0.1, 0.15) is 216 Å². The zero-order valence-corrected chi connectivity index (χ0v) is 41.2. The minimum Gasteiger partial charge on any atom is -0.100 e. The number of allylic oxidation sites excluding steroid dienone is 8. The molecule has 0 N–H and O–H groups in total. The largest absolute Gasteiger partial charge is 0.100 e. The van der Waals surface area contributed by atoms with Crippen LogP contribution < -0.4 is 0 Å². The SMILES string of the molecule is C=C(C)C1CCC[C@H]1C(=C)C.C=C(C)CC(C(=C)CCC)C1CC1C.CC.CC.CC.CC(C)C.CC1CC(C)CC(C)C1.CCC1=CC=C(C(C)C)C1. The third-order valence-corrected chi connectivity index (χ3v) is 10.7. The highest BCUT2D eigenvalue weighted by atomic mass is 14.4. The van der Waals surface area contributed by atoms with Crippen LogP contribution in [0.4, 0.5) is 0 Å². The molecule has 0 spiro atoms. The van der Waals surface area contributed by atoms with Gasteiger partial charge < -0.3 is 0 Å². The lowest BCUT2D eigenvalue weighted by molar-refractivity contribution is 0.233. The van der Waals surface area contributed by atoms with Crippen LogP contribution in [0.15, 0.2) is 71.9 Å². The topological polar surface area (TPSA) is 0 Å². The van der Waals surface area contributed by atoms with E-state index in [1.54, 1.807) is 11.1 Å². The molecule has 3 saturated carbocycles. The van der Waals surface area contributed by atoms with Crippen molar-refractivity contribution in [3.8, 4) is 0 Å². The maximum absolute atomic E-state index is 4.25. The lowest BCUT2D eigenvalue weighted by Gasteiger charge is -2.28. The van der Waals surface area contributed by atoms with Crippen molar-refractivity contribution in [2.24, 2.45) is 59.2 Å². The smallest absolute Gasteiger partial charge is 0.00998 e. The highest BCUT2D eigenvalue weighted by molar-refractivity contribution is 5.31. The van der Waals surface area contributed by atoms with E-state index in [4.69, 9.17) is 0 Å². The van der Waals surface area contributed by atoms with E-state index in [-0.39, 0.29) is 0 Å². The van der Waals surface area contributed by atoms with Crippen LogP contribution in [0.3, 0.4) is 0 Å². The maximum Gasteiger partial charge on any atom is -0.00998 e. The molecular formula is C54H104. The average Bonchev–Trinajstić information content (AvgIpc) is 3.46. The van der Waals surface area contributed by atoms with Gasteiger partial charge in [-0.15, -0.1) is 6.58 Å². The highest BCUT2D eigenvalue weighted by Crippen LogP contribution is 2.49. The molecule has 0 nitrogen and oxygen atoms in total. The summed E-state index contributed by atoms with van der Waals surface area (Å²) in [6, 6.07) is 0. The Balaban J connectivity index is -0.000000288. The summed E-state index contributed by atoms with van der Waals surface area (Å²) < 4.78 is 0. The Labute approximate surface area is 345 Å². The van der Waals surface area contributed by atoms with Crippen LogP contribution >= 0.6 is 0 Å². The summed E-state index contributed by atoms with van der Waals surface area (Å²) in [5.74, 6) is 8.55. The van der Waals surface area contributed by atoms with E-state index in [0.29, 0.717) is 0 Å². The first-order valence-corrected chi connectivity index (χ1v) is 23.3. The molecule has 0 aromatic heterocycles. The summed E-state index contributed by atoms with van der Waals surface area (Å²) in [5, 5.41) is 0. The molecule has 4 aliphatic carbocycles. The molecule has 0 aromatic carbocycles. The molecule has 4 aliphatic rings. The van der Waals surface area contributed by atoms with Crippen LogP contribution in [0.25, 0.3) is 0 Å². The van der Waals surface area contributed by atoms with E-state index in [1.165, 1.54) is 92.9 Å². The van der Waals surface area contributed by atoms with Crippen molar-refractivity contribution in [1.29, 1.82) is 0 Å². The van der Waals surface area contributed by atoms with Gasteiger partial charge in [-0.2, -0.15) is 0 Å². The van der Waals surface area contributed by atoms with Gasteiger partial charge in [0.1, 0.15) is 0 Å². The Kier molecular flexibility index (Phi) is 39.2. The molecule has 3 fully saturated rings. The molecule has 4 unspecified atom stereocenters. The van der Waals surface area contributed by atoms with Gasteiger partial charge in [-0.1, -0.05) is 196 Å². The second kappa shape index (κ2) is 35.8. The second-order valence-electron chi connectivity index (χ2n) is 17.9. The van der Waals surface area contributed by atoms with Crippen LogP contribution in [0.5, 0.6) is 0 Å². The van der Waals surface area contributed by atoms with Gasteiger partial charge in [0.05, 0.1) is 0 Å². The lowest BCUT2D eigenvalue weighted by Crippen LogP contribution is -2.16. The Morgan fingerprint density at radius 1 is 0.667 bits per heavy atom. The van der Waals surface area contributed by atoms with E-state index in [1.807, 2.05) is 41.5 Å². The molecule has 5 atom stereocenters. The van der Waals surface area contributed by atoms with Gasteiger partial charge in [0, 0.05) is 0 Å². The molecule has 0 heteroatoms. The average molecular weight is 753 g/mol. The summed E-state index contributed by atoms with van der Waals surface area (Å²) in [7, 11) is 0. The summed E-state index contributed by atoms with van der Waals surface area (Å²) in [6.45, 7) is 59.8. The second-order valence-corrected chi connectivity index (χ2v) is 17.9. The van der Waals surface area contributed by atoms with Crippen LogP contribution in [0.2, 0.25) is 0 Å². The van der Waals surface area contributed by atoms with Crippen molar-refractivity contribution in [1.82, 2.24) is 0 Å². The fraction of sp³-hybridized carbons (Fsp3) is 0.778. The molecule has 0 heterocycles. The summed E-state index contributed by atoms with van der Waals surface area (Å²) in [4.78, 5) is 0. The zero-order chi connectivity index (χ0) is 43.1. The molecule has 0 aromatic rings. The maximum atomic E-state index is 4.25. The van der Waals surface area contributed by atoms with Crippen LogP contribution in [-0.2, 0) is 0 Å². The number of hydrogen-bond donors (Lipinski definition) is 0. The summed E-state index contributed by atoms with van der Waals surface area (Å²) >= 11 is 0.